The molecule has 0 bridgehead atoms. The van der Waals surface area contributed by atoms with E-state index in [4.69, 9.17) is 5.11 Å². The van der Waals surface area contributed by atoms with Gasteiger partial charge in [-0.25, -0.2) is 0 Å². The van der Waals surface area contributed by atoms with Crippen LogP contribution < -0.4 is 5.32 Å². The van der Waals surface area contributed by atoms with Crippen molar-refractivity contribution in [3.8, 4) is 0 Å². The van der Waals surface area contributed by atoms with E-state index in [0.717, 1.165) is 4.90 Å². The first-order chi connectivity index (χ1) is 8.54. The zero-order valence-electron chi connectivity index (χ0n) is 10.5. The van der Waals surface area contributed by atoms with Crippen molar-refractivity contribution in [2.45, 2.75) is 18.2 Å². The van der Waals surface area contributed by atoms with Crippen molar-refractivity contribution in [3.05, 3.63) is 29.8 Å². The number of carbonyl (C=O) groups is 2. The number of amides is 1. The number of carboxylic acid groups (broad SMARTS) is 1. The first-order valence-corrected chi connectivity index (χ1v) is 6.90. The van der Waals surface area contributed by atoms with Gasteiger partial charge in [0, 0.05) is 17.9 Å². The van der Waals surface area contributed by atoms with E-state index in [1.165, 1.54) is 11.8 Å². The topological polar surface area (TPSA) is 66.4 Å². The van der Waals surface area contributed by atoms with Crippen LogP contribution in [0, 0.1) is 5.92 Å². The summed E-state index contributed by atoms with van der Waals surface area (Å²) in [5, 5.41) is 11.4. The summed E-state index contributed by atoms with van der Waals surface area (Å²) in [6.07, 6.45) is 1.98. The Hall–Kier alpha value is -1.49. The third-order valence-corrected chi connectivity index (χ3v) is 3.28. The van der Waals surface area contributed by atoms with Crippen molar-refractivity contribution in [1.29, 1.82) is 0 Å². The first kappa shape index (κ1) is 14.6. The van der Waals surface area contributed by atoms with Gasteiger partial charge in [0.2, 0.25) is 0 Å². The largest absolute Gasteiger partial charge is 0.481 e. The Kier molecular flexibility index (Phi) is 5.71. The second kappa shape index (κ2) is 7.06. The Balaban J connectivity index is 2.57. The number of thioether (sulfide) groups is 1. The smallest absolute Gasteiger partial charge is 0.303 e. The maximum Gasteiger partial charge on any atom is 0.303 e. The molecule has 1 atom stereocenters. The summed E-state index contributed by atoms with van der Waals surface area (Å²) in [4.78, 5) is 23.4. The van der Waals surface area contributed by atoms with Gasteiger partial charge in [-0.1, -0.05) is 19.1 Å². The van der Waals surface area contributed by atoms with E-state index in [1.54, 1.807) is 13.0 Å². The lowest BCUT2D eigenvalue weighted by atomic mass is 10.1. The second-order valence-electron chi connectivity index (χ2n) is 4.11. The van der Waals surface area contributed by atoms with E-state index in [0.29, 0.717) is 12.1 Å². The van der Waals surface area contributed by atoms with Gasteiger partial charge < -0.3 is 10.4 Å². The van der Waals surface area contributed by atoms with Gasteiger partial charge in [0.25, 0.3) is 5.91 Å². The van der Waals surface area contributed by atoms with E-state index in [-0.39, 0.29) is 18.2 Å². The van der Waals surface area contributed by atoms with Gasteiger partial charge in [0.05, 0.1) is 5.56 Å². The molecule has 1 aromatic carbocycles. The summed E-state index contributed by atoms with van der Waals surface area (Å²) in [5.41, 5.74) is 0.632. The molecule has 0 aliphatic carbocycles. The molecule has 0 aromatic heterocycles. The fourth-order valence-corrected chi connectivity index (χ4v) is 2.16. The number of hydrogen-bond donors (Lipinski definition) is 2. The summed E-state index contributed by atoms with van der Waals surface area (Å²) in [7, 11) is 0. The van der Waals surface area contributed by atoms with Crippen molar-refractivity contribution >= 4 is 23.6 Å². The lowest BCUT2D eigenvalue weighted by Crippen LogP contribution is -2.29. The van der Waals surface area contributed by atoms with Crippen LogP contribution in [-0.2, 0) is 4.79 Å². The second-order valence-corrected chi connectivity index (χ2v) is 4.96. The highest BCUT2D eigenvalue weighted by atomic mass is 32.2. The number of nitrogens with one attached hydrogen (secondary N) is 1. The van der Waals surface area contributed by atoms with Crippen LogP contribution in [0.2, 0.25) is 0 Å². The van der Waals surface area contributed by atoms with Crippen LogP contribution in [0.15, 0.2) is 29.2 Å². The quantitative estimate of drug-likeness (QED) is 0.776. The molecule has 0 saturated carbocycles. The van der Waals surface area contributed by atoms with Crippen LogP contribution in [0.1, 0.15) is 23.7 Å². The van der Waals surface area contributed by atoms with Crippen LogP contribution in [0.25, 0.3) is 0 Å². The van der Waals surface area contributed by atoms with E-state index >= 15 is 0 Å². The minimum absolute atomic E-state index is 0.0600. The monoisotopic (exact) mass is 267 g/mol. The molecule has 1 aromatic rings. The molecule has 0 radical (unpaired) electrons. The standard InChI is InChI=1S/C13H17NO3S/c1-9(7-12(15)16)8-14-13(17)10-5-3-4-6-11(10)18-2/h3-6,9H,7-8H2,1-2H3,(H,14,17)(H,15,16). The summed E-state index contributed by atoms with van der Waals surface area (Å²) in [5.74, 6) is -1.08. The summed E-state index contributed by atoms with van der Waals surface area (Å²) < 4.78 is 0. The van der Waals surface area contributed by atoms with E-state index in [1.807, 2.05) is 24.5 Å². The molecule has 5 heteroatoms. The Morgan fingerprint density at radius 3 is 2.67 bits per heavy atom. The molecule has 0 spiro atoms. The van der Waals surface area contributed by atoms with Gasteiger partial charge in [0.1, 0.15) is 0 Å². The Morgan fingerprint density at radius 2 is 2.06 bits per heavy atom. The molecule has 98 valence electrons. The van der Waals surface area contributed by atoms with Gasteiger partial charge in [0.15, 0.2) is 0 Å². The zero-order chi connectivity index (χ0) is 13.5. The molecule has 0 fully saturated rings. The molecule has 1 rings (SSSR count). The number of carbonyl (C=O) groups excluding carboxylic acids is 1. The lowest BCUT2D eigenvalue weighted by molar-refractivity contribution is -0.137. The molecule has 0 aliphatic heterocycles. The Bertz CT molecular complexity index is 434. The summed E-state index contributed by atoms with van der Waals surface area (Å²) in [6, 6.07) is 7.36. The predicted octanol–water partition coefficient (Wildman–Crippen LogP) is 2.25. The molecular formula is C13H17NO3S. The molecule has 0 aliphatic rings. The Labute approximate surface area is 111 Å². The van der Waals surface area contributed by atoms with Crippen LogP contribution in [0.3, 0.4) is 0 Å². The van der Waals surface area contributed by atoms with E-state index in [9.17, 15) is 9.59 Å². The maximum atomic E-state index is 11.9. The fourth-order valence-electron chi connectivity index (χ4n) is 1.56. The Morgan fingerprint density at radius 1 is 1.39 bits per heavy atom. The van der Waals surface area contributed by atoms with Crippen molar-refractivity contribution in [2.75, 3.05) is 12.8 Å². The van der Waals surface area contributed by atoms with Crippen LogP contribution in [0.5, 0.6) is 0 Å². The van der Waals surface area contributed by atoms with Gasteiger partial charge in [-0.2, -0.15) is 0 Å². The van der Waals surface area contributed by atoms with Crippen molar-refractivity contribution in [1.82, 2.24) is 5.32 Å². The average Bonchev–Trinajstić information content (AvgIpc) is 2.35. The fraction of sp³-hybridized carbons (Fsp3) is 0.385. The van der Waals surface area contributed by atoms with Gasteiger partial charge in [-0.3, -0.25) is 9.59 Å². The maximum absolute atomic E-state index is 11.9. The first-order valence-electron chi connectivity index (χ1n) is 5.67. The zero-order valence-corrected chi connectivity index (χ0v) is 11.3. The lowest BCUT2D eigenvalue weighted by Gasteiger charge is -2.11. The van der Waals surface area contributed by atoms with Gasteiger partial charge in [-0.15, -0.1) is 11.8 Å². The van der Waals surface area contributed by atoms with E-state index in [2.05, 4.69) is 5.32 Å². The van der Waals surface area contributed by atoms with Crippen LogP contribution in [-0.4, -0.2) is 29.8 Å². The van der Waals surface area contributed by atoms with Crippen molar-refractivity contribution in [2.24, 2.45) is 5.92 Å². The summed E-state index contributed by atoms with van der Waals surface area (Å²) >= 11 is 1.51. The third kappa shape index (κ3) is 4.41. The van der Waals surface area contributed by atoms with Crippen molar-refractivity contribution in [3.63, 3.8) is 0 Å². The molecule has 1 amide bonds. The molecule has 4 nitrogen and oxygen atoms in total. The van der Waals surface area contributed by atoms with Crippen LogP contribution >= 0.6 is 11.8 Å². The minimum Gasteiger partial charge on any atom is -0.481 e. The SMILES string of the molecule is CSc1ccccc1C(=O)NCC(C)CC(=O)O. The average molecular weight is 267 g/mol. The normalized spacial score (nSPS) is 11.9. The molecule has 0 saturated heterocycles. The van der Waals surface area contributed by atoms with Gasteiger partial charge in [-0.05, 0) is 24.3 Å². The number of aliphatic carboxylic acids is 1. The number of rotatable bonds is 6. The van der Waals surface area contributed by atoms with Gasteiger partial charge >= 0.3 is 5.97 Å². The highest BCUT2D eigenvalue weighted by Crippen LogP contribution is 2.19. The molecule has 18 heavy (non-hydrogen) atoms. The highest BCUT2D eigenvalue weighted by Gasteiger charge is 2.12. The number of benzene rings is 1. The number of carboxylic acids is 1. The molecule has 1 unspecified atom stereocenters. The van der Waals surface area contributed by atoms with Crippen LogP contribution in [0.4, 0.5) is 0 Å². The van der Waals surface area contributed by atoms with Crippen molar-refractivity contribution < 1.29 is 14.7 Å². The predicted molar refractivity (Wildman–Crippen MR) is 72.0 cm³/mol. The third-order valence-electron chi connectivity index (χ3n) is 2.49. The molecule has 0 heterocycles. The van der Waals surface area contributed by atoms with E-state index < -0.39 is 5.97 Å². The molecular weight excluding hydrogens is 250 g/mol. The number of hydrogen-bond acceptors (Lipinski definition) is 3. The minimum atomic E-state index is -0.846. The molecule has 2 N–H and O–H groups in total. The highest BCUT2D eigenvalue weighted by molar-refractivity contribution is 7.98. The summed E-state index contributed by atoms with van der Waals surface area (Å²) in [6.45, 7) is 2.17.